The van der Waals surface area contributed by atoms with E-state index in [1.54, 1.807) is 38.9 Å². The van der Waals surface area contributed by atoms with Gasteiger partial charge >= 0.3 is 6.03 Å². The molecule has 4 aromatic rings. The van der Waals surface area contributed by atoms with Crippen LogP contribution in [0.4, 0.5) is 16.2 Å². The van der Waals surface area contributed by atoms with Gasteiger partial charge in [0, 0.05) is 44.0 Å². The maximum atomic E-state index is 13.0. The van der Waals surface area contributed by atoms with E-state index in [0.29, 0.717) is 23.3 Å². The molecule has 0 radical (unpaired) electrons. The van der Waals surface area contributed by atoms with Gasteiger partial charge in [-0.15, -0.1) is 0 Å². The molecule has 3 heterocycles. The summed E-state index contributed by atoms with van der Waals surface area (Å²) in [6, 6.07) is 9.13. The van der Waals surface area contributed by atoms with E-state index >= 15 is 0 Å². The van der Waals surface area contributed by atoms with Crippen molar-refractivity contribution >= 4 is 34.2 Å². The van der Waals surface area contributed by atoms with Crippen molar-refractivity contribution in [3.63, 3.8) is 0 Å². The van der Waals surface area contributed by atoms with Gasteiger partial charge in [-0.2, -0.15) is 5.10 Å². The Morgan fingerprint density at radius 3 is 2.35 bits per heavy atom. The van der Waals surface area contributed by atoms with Crippen molar-refractivity contribution in [2.24, 2.45) is 0 Å². The summed E-state index contributed by atoms with van der Waals surface area (Å²) < 4.78 is 0. The number of H-pyrrole nitrogens is 1. The summed E-state index contributed by atoms with van der Waals surface area (Å²) in [6.07, 6.45) is 6.67. The molecule has 0 unspecified atom stereocenters. The fraction of sp³-hybridized carbons (Fsp3) is 0.208. The largest absolute Gasteiger partial charge is 0.331 e. The summed E-state index contributed by atoms with van der Waals surface area (Å²) in [5, 5.41) is 13.5. The minimum absolute atomic E-state index is 0.243. The van der Waals surface area contributed by atoms with Gasteiger partial charge in [-0.05, 0) is 49.5 Å². The third-order valence-electron chi connectivity index (χ3n) is 5.06. The Kier molecular flexibility index (Phi) is 6.51. The Labute approximate surface area is 197 Å². The van der Waals surface area contributed by atoms with Crippen molar-refractivity contribution in [3.8, 4) is 11.1 Å². The number of fused-ring (bicyclic) bond motifs is 1. The molecule has 3 aromatic heterocycles. The van der Waals surface area contributed by atoms with Crippen LogP contribution in [0.5, 0.6) is 0 Å². The van der Waals surface area contributed by atoms with E-state index in [-0.39, 0.29) is 17.6 Å². The molecule has 0 saturated heterocycles. The molecule has 0 aliphatic rings. The van der Waals surface area contributed by atoms with Gasteiger partial charge in [0.2, 0.25) is 0 Å². The first-order chi connectivity index (χ1) is 16.3. The van der Waals surface area contributed by atoms with E-state index in [1.165, 1.54) is 4.90 Å². The number of carbonyl (C=O) groups excluding carboxylic acids is 2. The lowest BCUT2D eigenvalue weighted by atomic mass is 10.0. The lowest BCUT2D eigenvalue weighted by Gasteiger charge is -2.12. The summed E-state index contributed by atoms with van der Waals surface area (Å²) in [6.45, 7) is 0.716. The number of nitrogens with one attached hydrogen (secondary N) is 3. The molecule has 0 fully saturated rings. The van der Waals surface area contributed by atoms with Crippen LogP contribution in [-0.4, -0.2) is 70.1 Å². The molecule has 4 rings (SSSR count). The third-order valence-corrected chi connectivity index (χ3v) is 5.06. The molecular weight excluding hydrogens is 432 g/mol. The summed E-state index contributed by atoms with van der Waals surface area (Å²) in [5.74, 6) is -0.336. The SMILES string of the molecule is CN(C)Cc1cncc(NC(=O)c2n[nH]c3ccc(-c4cncc(NC(=O)N(C)C)c4)cc23)c1. The zero-order chi connectivity index (χ0) is 24.2. The molecule has 0 saturated carbocycles. The molecule has 0 atom stereocenters. The fourth-order valence-corrected chi connectivity index (χ4v) is 3.47. The van der Waals surface area contributed by atoms with Gasteiger partial charge in [-0.1, -0.05) is 6.07 Å². The topological polar surface area (TPSA) is 119 Å². The maximum Gasteiger partial charge on any atom is 0.321 e. The van der Waals surface area contributed by atoms with Crippen LogP contribution < -0.4 is 10.6 Å². The predicted molar refractivity (Wildman–Crippen MR) is 132 cm³/mol. The zero-order valence-corrected chi connectivity index (χ0v) is 19.5. The van der Waals surface area contributed by atoms with E-state index in [4.69, 9.17) is 0 Å². The number of benzene rings is 1. The highest BCUT2D eigenvalue weighted by molar-refractivity contribution is 6.11. The summed E-state index contributed by atoms with van der Waals surface area (Å²) in [5.41, 5.74) is 4.82. The number of pyridine rings is 2. The highest BCUT2D eigenvalue weighted by Crippen LogP contribution is 2.27. The number of anilines is 2. The molecule has 1 aromatic carbocycles. The Morgan fingerprint density at radius 2 is 1.62 bits per heavy atom. The monoisotopic (exact) mass is 458 g/mol. The first-order valence-corrected chi connectivity index (χ1v) is 10.6. The zero-order valence-electron chi connectivity index (χ0n) is 19.5. The molecule has 34 heavy (non-hydrogen) atoms. The second-order valence-corrected chi connectivity index (χ2v) is 8.39. The van der Waals surface area contributed by atoms with Crippen LogP contribution in [0.3, 0.4) is 0 Å². The van der Waals surface area contributed by atoms with Crippen LogP contribution in [0.1, 0.15) is 16.1 Å². The predicted octanol–water partition coefficient (Wildman–Crippen LogP) is 3.43. The van der Waals surface area contributed by atoms with Gasteiger partial charge in [0.15, 0.2) is 5.69 Å². The number of urea groups is 1. The number of hydrogen-bond donors (Lipinski definition) is 3. The number of nitrogens with zero attached hydrogens (tertiary/aromatic N) is 5. The minimum Gasteiger partial charge on any atom is -0.331 e. The van der Waals surface area contributed by atoms with Gasteiger partial charge in [0.05, 0.1) is 29.3 Å². The van der Waals surface area contributed by atoms with Crippen molar-refractivity contribution in [3.05, 3.63) is 66.4 Å². The average molecular weight is 459 g/mol. The normalized spacial score (nSPS) is 11.0. The molecule has 0 spiro atoms. The highest BCUT2D eigenvalue weighted by atomic mass is 16.2. The molecule has 10 heteroatoms. The molecule has 0 aliphatic heterocycles. The highest BCUT2D eigenvalue weighted by Gasteiger charge is 2.16. The molecule has 174 valence electrons. The summed E-state index contributed by atoms with van der Waals surface area (Å²) in [7, 11) is 7.28. The number of hydrogen-bond acceptors (Lipinski definition) is 6. The van der Waals surface area contributed by atoms with Crippen LogP contribution in [-0.2, 0) is 6.54 Å². The second-order valence-electron chi connectivity index (χ2n) is 8.39. The maximum absolute atomic E-state index is 13.0. The van der Waals surface area contributed by atoms with E-state index in [2.05, 4.69) is 30.8 Å². The average Bonchev–Trinajstić information content (AvgIpc) is 3.22. The van der Waals surface area contributed by atoms with E-state index < -0.39 is 0 Å². The van der Waals surface area contributed by atoms with Crippen molar-refractivity contribution in [1.82, 2.24) is 30.0 Å². The number of carbonyl (C=O) groups is 2. The minimum atomic E-state index is -0.336. The van der Waals surface area contributed by atoms with Crippen molar-refractivity contribution in [2.45, 2.75) is 6.54 Å². The third kappa shape index (κ3) is 5.18. The van der Waals surface area contributed by atoms with Crippen LogP contribution >= 0.6 is 0 Å². The smallest absolute Gasteiger partial charge is 0.321 e. The lowest BCUT2D eigenvalue weighted by molar-refractivity contribution is 0.102. The van der Waals surface area contributed by atoms with Crippen LogP contribution in [0.25, 0.3) is 22.0 Å². The first kappa shape index (κ1) is 22.9. The molecule has 3 amide bonds. The molecule has 0 bridgehead atoms. The van der Waals surface area contributed by atoms with Gasteiger partial charge in [0.1, 0.15) is 0 Å². The van der Waals surface area contributed by atoms with E-state index in [9.17, 15) is 9.59 Å². The van der Waals surface area contributed by atoms with Crippen molar-refractivity contribution < 1.29 is 9.59 Å². The van der Waals surface area contributed by atoms with Gasteiger partial charge in [-0.3, -0.25) is 19.9 Å². The first-order valence-electron chi connectivity index (χ1n) is 10.6. The second kappa shape index (κ2) is 9.67. The molecule has 0 aliphatic carbocycles. The molecule has 3 N–H and O–H groups in total. The van der Waals surface area contributed by atoms with E-state index in [1.807, 2.05) is 49.3 Å². The Morgan fingerprint density at radius 1 is 0.882 bits per heavy atom. The Balaban J connectivity index is 1.60. The summed E-state index contributed by atoms with van der Waals surface area (Å²) in [4.78, 5) is 36.9. The number of rotatable bonds is 6. The Bertz CT molecular complexity index is 1350. The fourth-order valence-electron chi connectivity index (χ4n) is 3.47. The van der Waals surface area contributed by atoms with Crippen LogP contribution in [0.15, 0.2) is 55.1 Å². The van der Waals surface area contributed by atoms with Gasteiger partial charge in [-0.25, -0.2) is 4.79 Å². The van der Waals surface area contributed by atoms with Gasteiger partial charge in [0.25, 0.3) is 5.91 Å². The Hall–Kier alpha value is -4.31. The lowest BCUT2D eigenvalue weighted by Crippen LogP contribution is -2.27. The molecule has 10 nitrogen and oxygen atoms in total. The van der Waals surface area contributed by atoms with Crippen LogP contribution in [0, 0.1) is 0 Å². The van der Waals surface area contributed by atoms with Crippen molar-refractivity contribution in [1.29, 1.82) is 0 Å². The summed E-state index contributed by atoms with van der Waals surface area (Å²) >= 11 is 0. The number of amides is 3. The molecular formula is C24H26N8O2. The van der Waals surface area contributed by atoms with Crippen LogP contribution in [0.2, 0.25) is 0 Å². The van der Waals surface area contributed by atoms with Gasteiger partial charge < -0.3 is 20.4 Å². The standard InChI is InChI=1S/C24H26N8O2/c1-31(2)14-15-7-18(12-25-10-15)27-23(33)22-20-9-16(5-6-21(20)29-30-22)17-8-19(13-26-11-17)28-24(34)32(3)4/h5-13H,14H2,1-4H3,(H,27,33)(H,28,34)(H,29,30). The number of aromatic amines is 1. The van der Waals surface area contributed by atoms with Crippen molar-refractivity contribution in [2.75, 3.05) is 38.8 Å². The number of aromatic nitrogens is 4. The quantitative estimate of drug-likeness (QED) is 0.407. The van der Waals surface area contributed by atoms with E-state index in [0.717, 1.165) is 22.2 Å².